The van der Waals surface area contributed by atoms with Crippen molar-refractivity contribution in [2.75, 3.05) is 0 Å². The van der Waals surface area contributed by atoms with Crippen molar-refractivity contribution in [3.05, 3.63) is 35.4 Å². The average Bonchev–Trinajstić information content (AvgIpc) is 2.30. The molecule has 12 heavy (non-hydrogen) atoms. The van der Waals surface area contributed by atoms with Crippen LogP contribution in [0.25, 0.3) is 0 Å². The summed E-state index contributed by atoms with van der Waals surface area (Å²) in [5.74, 6) is -0.601. The van der Waals surface area contributed by atoms with E-state index in [-0.39, 0.29) is 36.2 Å². The van der Waals surface area contributed by atoms with Gasteiger partial charge in [0.05, 0.1) is 11.1 Å². The molecule has 0 fully saturated rings. The van der Waals surface area contributed by atoms with Gasteiger partial charge in [-0.05, 0) is 12.1 Å². The van der Waals surface area contributed by atoms with Crippen molar-refractivity contribution in [1.82, 2.24) is 5.32 Å². The van der Waals surface area contributed by atoms with E-state index in [1.165, 1.54) is 0 Å². The second-order valence-corrected chi connectivity index (χ2v) is 2.33. The average molecular weight is 269 g/mol. The van der Waals surface area contributed by atoms with Gasteiger partial charge in [0.1, 0.15) is 0 Å². The smallest absolute Gasteiger partial charge is 0.258 e. The molecular weight excluding hydrogens is 264 g/mol. The van der Waals surface area contributed by atoms with E-state index < -0.39 is 0 Å². The predicted octanol–water partition coefficient (Wildman–Crippen LogP) is 0.189. The van der Waals surface area contributed by atoms with Crippen molar-refractivity contribution in [3.63, 3.8) is 0 Å². The minimum atomic E-state index is -0.300. The molecule has 1 N–H and O–H groups in total. The Bertz CT molecular complexity index is 316. The SMILES string of the molecule is O=C1NC(=O)c2ccccc21.[Sb]. The van der Waals surface area contributed by atoms with E-state index in [0.29, 0.717) is 11.1 Å². The van der Waals surface area contributed by atoms with Crippen LogP contribution < -0.4 is 5.32 Å². The summed E-state index contributed by atoms with van der Waals surface area (Å²) >= 11 is 0. The quantitative estimate of drug-likeness (QED) is 0.539. The van der Waals surface area contributed by atoms with Gasteiger partial charge in [-0.25, -0.2) is 0 Å². The van der Waals surface area contributed by atoms with Gasteiger partial charge in [0, 0.05) is 24.4 Å². The van der Waals surface area contributed by atoms with Gasteiger partial charge < -0.3 is 0 Å². The third-order valence-electron chi connectivity index (χ3n) is 1.64. The van der Waals surface area contributed by atoms with Crippen LogP contribution in [0.15, 0.2) is 24.3 Å². The van der Waals surface area contributed by atoms with Crippen LogP contribution in [0.2, 0.25) is 0 Å². The first-order chi connectivity index (χ1) is 5.29. The van der Waals surface area contributed by atoms with Crippen LogP contribution in [0.1, 0.15) is 20.7 Å². The molecule has 2 amide bonds. The van der Waals surface area contributed by atoms with E-state index >= 15 is 0 Å². The molecule has 0 aromatic heterocycles. The summed E-state index contributed by atoms with van der Waals surface area (Å²) in [6.45, 7) is 0. The fourth-order valence-electron chi connectivity index (χ4n) is 1.12. The fraction of sp³-hybridized carbons (Fsp3) is 0. The first-order valence-corrected chi connectivity index (χ1v) is 3.24. The van der Waals surface area contributed by atoms with Crippen LogP contribution in [0.3, 0.4) is 0 Å². The number of imide groups is 1. The molecule has 4 heteroatoms. The van der Waals surface area contributed by atoms with Gasteiger partial charge >= 0.3 is 0 Å². The van der Waals surface area contributed by atoms with E-state index in [0.717, 1.165) is 0 Å². The fourth-order valence-corrected chi connectivity index (χ4v) is 1.12. The molecule has 0 saturated carbocycles. The number of benzene rings is 1. The van der Waals surface area contributed by atoms with Crippen LogP contribution in [0.4, 0.5) is 0 Å². The maximum atomic E-state index is 10.9. The Morgan fingerprint density at radius 3 is 1.75 bits per heavy atom. The molecule has 0 unspecified atom stereocenters. The molecule has 1 aliphatic heterocycles. The summed E-state index contributed by atoms with van der Waals surface area (Å²) in [7, 11) is 0. The normalized spacial score (nSPS) is 13.3. The van der Waals surface area contributed by atoms with Crippen molar-refractivity contribution in [2.45, 2.75) is 0 Å². The zero-order valence-corrected chi connectivity index (χ0v) is 8.63. The monoisotopic (exact) mass is 268 g/mol. The van der Waals surface area contributed by atoms with Crippen molar-refractivity contribution < 1.29 is 9.59 Å². The molecule has 1 heterocycles. The first-order valence-electron chi connectivity index (χ1n) is 3.24. The predicted molar refractivity (Wildman–Crippen MR) is 44.0 cm³/mol. The van der Waals surface area contributed by atoms with Crippen LogP contribution >= 0.6 is 0 Å². The molecule has 0 spiro atoms. The molecule has 3 radical (unpaired) electrons. The largest absolute Gasteiger partial charge is 0.288 e. The molecule has 0 aliphatic carbocycles. The number of carbonyl (C=O) groups is 2. The number of nitrogens with one attached hydrogen (secondary N) is 1. The third-order valence-corrected chi connectivity index (χ3v) is 1.64. The molecule has 0 atom stereocenters. The molecule has 1 aliphatic rings. The van der Waals surface area contributed by atoms with Crippen LogP contribution in [-0.4, -0.2) is 36.2 Å². The Balaban J connectivity index is 0.000000720. The van der Waals surface area contributed by atoms with Crippen molar-refractivity contribution in [1.29, 1.82) is 0 Å². The van der Waals surface area contributed by atoms with Crippen LogP contribution in [-0.2, 0) is 0 Å². The van der Waals surface area contributed by atoms with Gasteiger partial charge in [-0.3, -0.25) is 14.9 Å². The topological polar surface area (TPSA) is 46.2 Å². The first kappa shape index (κ1) is 9.27. The number of hydrogen-bond acceptors (Lipinski definition) is 2. The molecule has 2 rings (SSSR count). The Hall–Kier alpha value is -0.822. The van der Waals surface area contributed by atoms with Gasteiger partial charge in [0.25, 0.3) is 11.8 Å². The summed E-state index contributed by atoms with van der Waals surface area (Å²) < 4.78 is 0. The molecule has 0 saturated heterocycles. The number of rotatable bonds is 0. The van der Waals surface area contributed by atoms with Gasteiger partial charge in [-0.1, -0.05) is 12.1 Å². The Morgan fingerprint density at radius 2 is 1.33 bits per heavy atom. The Kier molecular flexibility index (Phi) is 2.53. The number of amides is 2. The maximum absolute atomic E-state index is 10.9. The zero-order chi connectivity index (χ0) is 7.84. The molecule has 1 aromatic carbocycles. The van der Waals surface area contributed by atoms with Gasteiger partial charge in [-0.2, -0.15) is 0 Å². The number of fused-ring (bicyclic) bond motifs is 1. The van der Waals surface area contributed by atoms with Crippen LogP contribution in [0.5, 0.6) is 0 Å². The second kappa shape index (κ2) is 3.28. The summed E-state index contributed by atoms with van der Waals surface area (Å²) in [5.41, 5.74) is 0.940. The second-order valence-electron chi connectivity index (χ2n) is 2.33. The summed E-state index contributed by atoms with van der Waals surface area (Å²) in [6.07, 6.45) is 0. The number of carbonyl (C=O) groups excluding carboxylic acids is 2. The van der Waals surface area contributed by atoms with E-state index in [2.05, 4.69) is 5.32 Å². The molecule has 1 aromatic rings. The summed E-state index contributed by atoms with van der Waals surface area (Å²) in [5, 5.41) is 2.20. The molecule has 59 valence electrons. The van der Waals surface area contributed by atoms with Crippen molar-refractivity contribution in [2.24, 2.45) is 0 Å². The van der Waals surface area contributed by atoms with Gasteiger partial charge in [0.2, 0.25) is 0 Å². The molecular formula is C8H5NO2Sb. The van der Waals surface area contributed by atoms with E-state index in [1.54, 1.807) is 24.3 Å². The third kappa shape index (κ3) is 1.25. The molecule has 3 nitrogen and oxygen atoms in total. The summed E-state index contributed by atoms with van der Waals surface area (Å²) in [6, 6.07) is 6.74. The Morgan fingerprint density at radius 1 is 0.917 bits per heavy atom. The number of hydrogen-bond donors (Lipinski definition) is 1. The van der Waals surface area contributed by atoms with E-state index in [1.807, 2.05) is 0 Å². The molecule has 0 bridgehead atoms. The van der Waals surface area contributed by atoms with E-state index in [9.17, 15) is 9.59 Å². The summed E-state index contributed by atoms with van der Waals surface area (Å²) in [4.78, 5) is 21.9. The maximum Gasteiger partial charge on any atom is 0.258 e. The zero-order valence-electron chi connectivity index (χ0n) is 6.07. The van der Waals surface area contributed by atoms with Gasteiger partial charge in [-0.15, -0.1) is 0 Å². The standard InChI is InChI=1S/C8H5NO2.Sb/c10-7-5-3-1-2-4-6(5)8(11)9-7;/h1-4H,(H,9,10,11);. The van der Waals surface area contributed by atoms with Gasteiger partial charge in [0.15, 0.2) is 0 Å². The Labute approximate surface area is 86.6 Å². The van der Waals surface area contributed by atoms with Crippen molar-refractivity contribution >= 4 is 36.2 Å². The van der Waals surface area contributed by atoms with Crippen LogP contribution in [0, 0.1) is 0 Å². The van der Waals surface area contributed by atoms with Crippen molar-refractivity contribution in [3.8, 4) is 0 Å². The van der Waals surface area contributed by atoms with E-state index in [4.69, 9.17) is 0 Å². The minimum absolute atomic E-state index is 0. The minimum Gasteiger partial charge on any atom is -0.288 e.